The highest BCUT2D eigenvalue weighted by Gasteiger charge is 2.29. The van der Waals surface area contributed by atoms with Gasteiger partial charge in [0.25, 0.3) is 0 Å². The third kappa shape index (κ3) is 6.48. The number of ether oxygens (including phenoxy) is 1. The molecule has 0 radical (unpaired) electrons. The van der Waals surface area contributed by atoms with Crippen LogP contribution in [-0.2, 0) is 0 Å². The molecule has 34 heavy (non-hydrogen) atoms. The van der Waals surface area contributed by atoms with Crippen LogP contribution in [0.5, 0.6) is 5.75 Å². The van der Waals surface area contributed by atoms with E-state index in [2.05, 4.69) is 20.9 Å². The number of aliphatic hydroxyl groups excluding tert-OH is 2. The number of likely N-dealkylation sites (tertiary alicyclic amines) is 1. The summed E-state index contributed by atoms with van der Waals surface area (Å²) in [4.78, 5) is 12.3. The number of aromatic nitrogens is 2. The molecule has 1 unspecified atom stereocenters. The monoisotopic (exact) mass is 481 g/mol. The van der Waals surface area contributed by atoms with Gasteiger partial charge in [-0.15, -0.1) is 11.8 Å². The molecule has 6 nitrogen and oxygen atoms in total. The van der Waals surface area contributed by atoms with E-state index in [1.807, 2.05) is 48.3 Å². The molecule has 0 aliphatic carbocycles. The molecule has 0 amide bonds. The third-order valence-electron chi connectivity index (χ3n) is 6.88. The van der Waals surface area contributed by atoms with Gasteiger partial charge in [0, 0.05) is 42.0 Å². The second-order valence-electron chi connectivity index (χ2n) is 9.06. The molecule has 1 aromatic carbocycles. The van der Waals surface area contributed by atoms with Gasteiger partial charge < -0.3 is 19.8 Å². The molecule has 3 heterocycles. The molecular weight excluding hydrogens is 446 g/mol. The minimum absolute atomic E-state index is 0.205. The van der Waals surface area contributed by atoms with Crippen molar-refractivity contribution in [2.24, 2.45) is 11.8 Å². The number of benzene rings is 1. The normalized spacial score (nSPS) is 19.9. The topological polar surface area (TPSA) is 78.7 Å². The summed E-state index contributed by atoms with van der Waals surface area (Å²) in [6.45, 7) is 3.26. The highest BCUT2D eigenvalue weighted by molar-refractivity contribution is 7.99. The van der Waals surface area contributed by atoms with Crippen molar-refractivity contribution in [1.82, 2.24) is 14.9 Å². The summed E-state index contributed by atoms with van der Waals surface area (Å²) >= 11 is 1.85. The maximum absolute atomic E-state index is 11.0. The Balaban J connectivity index is 1.26. The molecule has 0 bridgehead atoms. The number of hydrogen-bond donors (Lipinski definition) is 2. The molecule has 2 N–H and O–H groups in total. The number of piperidine rings is 1. The average Bonchev–Trinajstić information content (AvgIpc) is 2.89. The van der Waals surface area contributed by atoms with E-state index < -0.39 is 6.10 Å². The second-order valence-corrected chi connectivity index (χ2v) is 10.2. The molecule has 3 aromatic rings. The van der Waals surface area contributed by atoms with Gasteiger partial charge in [-0.25, -0.2) is 0 Å². The van der Waals surface area contributed by atoms with Crippen LogP contribution in [0.1, 0.15) is 37.4 Å². The summed E-state index contributed by atoms with van der Waals surface area (Å²) < 4.78 is 5.36. The molecule has 3 atom stereocenters. The number of methoxy groups -OCH3 is 1. The summed E-state index contributed by atoms with van der Waals surface area (Å²) in [5.41, 5.74) is 1.76. The summed E-state index contributed by atoms with van der Waals surface area (Å²) in [6, 6.07) is 11.7. The van der Waals surface area contributed by atoms with Gasteiger partial charge in [0.2, 0.25) is 0 Å². The molecule has 1 fully saturated rings. The molecule has 0 spiro atoms. The fourth-order valence-electron chi connectivity index (χ4n) is 4.95. The maximum atomic E-state index is 11.0. The first-order valence-corrected chi connectivity index (χ1v) is 13.1. The van der Waals surface area contributed by atoms with Crippen LogP contribution in [-0.4, -0.2) is 64.2 Å². The van der Waals surface area contributed by atoms with E-state index in [4.69, 9.17) is 4.74 Å². The van der Waals surface area contributed by atoms with Crippen molar-refractivity contribution in [3.8, 4) is 5.75 Å². The number of rotatable bonds is 11. The molecule has 182 valence electrons. The zero-order valence-corrected chi connectivity index (χ0v) is 20.7. The van der Waals surface area contributed by atoms with Crippen LogP contribution in [0.3, 0.4) is 0 Å². The lowest BCUT2D eigenvalue weighted by atomic mass is 9.81. The lowest BCUT2D eigenvalue weighted by Gasteiger charge is -2.38. The van der Waals surface area contributed by atoms with Gasteiger partial charge in [-0.05, 0) is 98.3 Å². The number of fused-ring (bicyclic) bond motifs is 1. The van der Waals surface area contributed by atoms with Crippen molar-refractivity contribution >= 4 is 22.7 Å². The largest absolute Gasteiger partial charge is 0.497 e. The quantitative estimate of drug-likeness (QED) is 0.307. The van der Waals surface area contributed by atoms with Crippen molar-refractivity contribution in [2.45, 2.75) is 36.7 Å². The first-order chi connectivity index (χ1) is 16.7. The first kappa shape index (κ1) is 24.9. The Morgan fingerprint density at radius 1 is 1.21 bits per heavy atom. The highest BCUT2D eigenvalue weighted by Crippen LogP contribution is 2.33. The average molecular weight is 482 g/mol. The number of thioether (sulfide) groups is 1. The number of hydrogen-bond acceptors (Lipinski definition) is 7. The summed E-state index contributed by atoms with van der Waals surface area (Å²) in [7, 11) is 1.65. The van der Waals surface area contributed by atoms with Gasteiger partial charge in [-0.1, -0.05) is 0 Å². The first-order valence-electron chi connectivity index (χ1n) is 12.1. The van der Waals surface area contributed by atoms with Gasteiger partial charge in [0.15, 0.2) is 0 Å². The standard InChI is InChI=1S/C27H35N3O3S/c1-33-22-6-7-26-25(16-22)24(9-12-29-26)27(32)8-5-20-10-14-30(18-21(20)19-31)13-3-15-34-23-4-2-11-28-17-23/h2,4,6-7,9,11-12,16-17,20-21,27,31-32H,3,5,8,10,13-15,18-19H2,1H3/t20-,21-,27?/m1/s1. The smallest absolute Gasteiger partial charge is 0.119 e. The van der Waals surface area contributed by atoms with E-state index in [0.29, 0.717) is 12.3 Å². The summed E-state index contributed by atoms with van der Waals surface area (Å²) in [5.74, 6) is 2.54. The minimum Gasteiger partial charge on any atom is -0.497 e. The Labute approximate surface area is 206 Å². The number of pyridine rings is 2. The zero-order chi connectivity index (χ0) is 23.8. The van der Waals surface area contributed by atoms with E-state index in [9.17, 15) is 10.2 Å². The second kappa shape index (κ2) is 12.5. The summed E-state index contributed by atoms with van der Waals surface area (Å²) in [6.07, 6.45) is 8.70. The van der Waals surface area contributed by atoms with E-state index in [0.717, 1.165) is 66.9 Å². The minimum atomic E-state index is -0.556. The molecule has 0 saturated carbocycles. The van der Waals surface area contributed by atoms with Gasteiger partial charge >= 0.3 is 0 Å². The fourth-order valence-corrected chi connectivity index (χ4v) is 5.77. The molecule has 1 aliphatic rings. The molecule has 1 saturated heterocycles. The van der Waals surface area contributed by atoms with Crippen LogP contribution in [0.2, 0.25) is 0 Å². The van der Waals surface area contributed by atoms with E-state index >= 15 is 0 Å². The van der Waals surface area contributed by atoms with Crippen LogP contribution in [0, 0.1) is 11.8 Å². The van der Waals surface area contributed by atoms with E-state index in [-0.39, 0.29) is 12.5 Å². The predicted octanol–water partition coefficient (Wildman–Crippen LogP) is 4.56. The van der Waals surface area contributed by atoms with E-state index in [1.165, 1.54) is 4.90 Å². The lowest BCUT2D eigenvalue weighted by molar-refractivity contribution is 0.0581. The third-order valence-corrected chi connectivity index (χ3v) is 7.95. The molecule has 4 rings (SSSR count). The highest BCUT2D eigenvalue weighted by atomic mass is 32.2. The van der Waals surface area contributed by atoms with Crippen molar-refractivity contribution in [3.05, 3.63) is 60.6 Å². The Kier molecular flexibility index (Phi) is 9.16. The maximum Gasteiger partial charge on any atom is 0.119 e. The molecule has 1 aliphatic heterocycles. The fraction of sp³-hybridized carbons (Fsp3) is 0.481. The van der Waals surface area contributed by atoms with Gasteiger partial charge in [-0.3, -0.25) is 9.97 Å². The van der Waals surface area contributed by atoms with Crippen LogP contribution >= 0.6 is 11.8 Å². The zero-order valence-electron chi connectivity index (χ0n) is 19.8. The summed E-state index contributed by atoms with van der Waals surface area (Å²) in [5, 5.41) is 22.0. The predicted molar refractivity (Wildman–Crippen MR) is 137 cm³/mol. The number of nitrogens with zero attached hydrogens (tertiary/aromatic N) is 3. The molecular formula is C27H35N3O3S. The molecule has 2 aromatic heterocycles. The van der Waals surface area contributed by atoms with Crippen LogP contribution in [0.15, 0.2) is 59.9 Å². The van der Waals surface area contributed by atoms with Crippen molar-refractivity contribution in [2.75, 3.05) is 39.1 Å². The Hall–Kier alpha value is -2.19. The Morgan fingerprint density at radius 2 is 2.12 bits per heavy atom. The van der Waals surface area contributed by atoms with Crippen molar-refractivity contribution in [3.63, 3.8) is 0 Å². The van der Waals surface area contributed by atoms with Gasteiger partial charge in [-0.2, -0.15) is 0 Å². The van der Waals surface area contributed by atoms with Crippen LogP contribution < -0.4 is 4.74 Å². The molecule has 7 heteroatoms. The van der Waals surface area contributed by atoms with Crippen molar-refractivity contribution in [1.29, 1.82) is 0 Å². The van der Waals surface area contributed by atoms with E-state index in [1.54, 1.807) is 19.5 Å². The Morgan fingerprint density at radius 3 is 2.91 bits per heavy atom. The van der Waals surface area contributed by atoms with Crippen LogP contribution in [0.25, 0.3) is 10.9 Å². The lowest BCUT2D eigenvalue weighted by Crippen LogP contribution is -2.42. The Bertz CT molecular complexity index is 1040. The SMILES string of the molecule is COc1ccc2nccc(C(O)CC[C@@H]3CCN(CCCSc4cccnc4)C[C@@H]3CO)c2c1. The van der Waals surface area contributed by atoms with Crippen LogP contribution in [0.4, 0.5) is 0 Å². The number of aliphatic hydroxyl groups is 2. The van der Waals surface area contributed by atoms with Gasteiger partial charge in [0.05, 0.1) is 18.7 Å². The van der Waals surface area contributed by atoms with Gasteiger partial charge in [0.1, 0.15) is 5.75 Å². The van der Waals surface area contributed by atoms with Crippen molar-refractivity contribution < 1.29 is 14.9 Å².